The summed E-state index contributed by atoms with van der Waals surface area (Å²) in [6.07, 6.45) is 8.81. The summed E-state index contributed by atoms with van der Waals surface area (Å²) in [6, 6.07) is 5.59. The van der Waals surface area contributed by atoms with Crippen molar-refractivity contribution in [1.82, 2.24) is 29.8 Å². The van der Waals surface area contributed by atoms with E-state index in [4.69, 9.17) is 9.51 Å². The molecule has 1 atom stereocenters. The normalized spacial score (nSPS) is 21.7. The Labute approximate surface area is 175 Å². The molecule has 1 unspecified atom stereocenters. The van der Waals surface area contributed by atoms with Gasteiger partial charge in [-0.3, -0.25) is 14.5 Å². The van der Waals surface area contributed by atoms with E-state index in [0.717, 1.165) is 42.9 Å². The number of nitrogens with zero attached hydrogens (tertiary/aromatic N) is 6. The Morgan fingerprint density at radius 2 is 2.10 bits per heavy atom. The van der Waals surface area contributed by atoms with E-state index < -0.39 is 0 Å². The number of hydrogen-bond donors (Lipinski definition) is 0. The Morgan fingerprint density at radius 3 is 2.80 bits per heavy atom. The van der Waals surface area contributed by atoms with Gasteiger partial charge in [-0.25, -0.2) is 0 Å². The van der Waals surface area contributed by atoms with E-state index in [9.17, 15) is 4.79 Å². The maximum atomic E-state index is 13.3. The molecule has 1 aliphatic heterocycles. The average molecular weight is 406 g/mol. The number of carbonyl (C=O) groups is 1. The molecule has 3 aromatic heterocycles. The van der Waals surface area contributed by atoms with Gasteiger partial charge in [-0.05, 0) is 50.3 Å². The number of carbonyl (C=O) groups excluding carboxylic acids is 1. The van der Waals surface area contributed by atoms with Crippen molar-refractivity contribution in [2.24, 2.45) is 13.0 Å². The summed E-state index contributed by atoms with van der Waals surface area (Å²) in [5.74, 6) is 1.94. The second-order valence-corrected chi connectivity index (χ2v) is 8.71. The Bertz CT molecular complexity index is 1050. The van der Waals surface area contributed by atoms with Gasteiger partial charge in [0.2, 0.25) is 0 Å². The molecule has 3 aromatic rings. The summed E-state index contributed by atoms with van der Waals surface area (Å²) in [4.78, 5) is 24.1. The van der Waals surface area contributed by atoms with Crippen LogP contribution in [0.5, 0.6) is 0 Å². The third kappa shape index (κ3) is 3.51. The minimum Gasteiger partial charge on any atom is -0.336 e. The van der Waals surface area contributed by atoms with Gasteiger partial charge in [0.25, 0.3) is 11.8 Å². The maximum Gasteiger partial charge on any atom is 0.272 e. The zero-order valence-corrected chi connectivity index (χ0v) is 17.4. The van der Waals surface area contributed by atoms with Crippen molar-refractivity contribution in [3.05, 3.63) is 47.8 Å². The number of aromatic nitrogens is 5. The Kier molecular flexibility index (Phi) is 4.64. The standard InChI is InChI=1S/C22H26N6O2/c1-15-12-18(27(2)25-15)20(29)28-11-3-8-22(14-28,13-16-4-5-16)21-24-19(30-26-21)17-6-9-23-10-7-17/h6-7,9-10,12,16H,3-5,8,11,13-14H2,1-2H3. The fourth-order valence-electron chi connectivity index (χ4n) is 4.64. The monoisotopic (exact) mass is 406 g/mol. The lowest BCUT2D eigenvalue weighted by molar-refractivity contribution is 0.0596. The molecule has 1 amide bonds. The second kappa shape index (κ2) is 7.34. The summed E-state index contributed by atoms with van der Waals surface area (Å²) in [5.41, 5.74) is 2.07. The van der Waals surface area contributed by atoms with Gasteiger partial charge in [0.1, 0.15) is 5.69 Å². The van der Waals surface area contributed by atoms with Crippen molar-refractivity contribution < 1.29 is 9.32 Å². The summed E-state index contributed by atoms with van der Waals surface area (Å²) in [7, 11) is 1.82. The number of hydrogen-bond acceptors (Lipinski definition) is 6. The predicted molar refractivity (Wildman–Crippen MR) is 110 cm³/mol. The van der Waals surface area contributed by atoms with E-state index in [1.807, 2.05) is 37.1 Å². The molecule has 1 aliphatic carbocycles. The van der Waals surface area contributed by atoms with Crippen LogP contribution in [0.4, 0.5) is 0 Å². The predicted octanol–water partition coefficient (Wildman–Crippen LogP) is 3.15. The van der Waals surface area contributed by atoms with Gasteiger partial charge in [0.05, 0.1) is 11.1 Å². The molecule has 0 bridgehead atoms. The first-order chi connectivity index (χ1) is 14.5. The van der Waals surface area contributed by atoms with Gasteiger partial charge in [0.15, 0.2) is 5.82 Å². The average Bonchev–Trinajstić information content (AvgIpc) is 3.29. The first kappa shape index (κ1) is 19.0. The van der Waals surface area contributed by atoms with E-state index in [1.165, 1.54) is 12.8 Å². The third-order valence-electron chi connectivity index (χ3n) is 6.29. The minimum atomic E-state index is -0.266. The molecule has 5 rings (SSSR count). The molecule has 1 saturated carbocycles. The lowest BCUT2D eigenvalue weighted by Gasteiger charge is -2.41. The van der Waals surface area contributed by atoms with Crippen molar-refractivity contribution in [3.63, 3.8) is 0 Å². The lowest BCUT2D eigenvalue weighted by atomic mass is 9.74. The number of rotatable bonds is 5. The van der Waals surface area contributed by atoms with E-state index in [-0.39, 0.29) is 11.3 Å². The SMILES string of the molecule is Cc1cc(C(=O)N2CCCC(CC3CC3)(c3noc(-c4ccncc4)n3)C2)n(C)n1. The zero-order chi connectivity index (χ0) is 20.7. The molecule has 0 aromatic carbocycles. The van der Waals surface area contributed by atoms with E-state index in [1.54, 1.807) is 17.1 Å². The highest BCUT2D eigenvalue weighted by molar-refractivity contribution is 5.92. The van der Waals surface area contributed by atoms with Gasteiger partial charge in [-0.15, -0.1) is 0 Å². The molecular weight excluding hydrogens is 380 g/mol. The molecule has 0 N–H and O–H groups in total. The van der Waals surface area contributed by atoms with Gasteiger partial charge in [-0.2, -0.15) is 10.1 Å². The van der Waals surface area contributed by atoms with Crippen LogP contribution in [-0.2, 0) is 12.5 Å². The van der Waals surface area contributed by atoms with Crippen molar-refractivity contribution in [1.29, 1.82) is 0 Å². The molecule has 8 heteroatoms. The van der Waals surface area contributed by atoms with Crippen LogP contribution in [0.15, 0.2) is 35.1 Å². The van der Waals surface area contributed by atoms with Crippen molar-refractivity contribution in [3.8, 4) is 11.5 Å². The summed E-state index contributed by atoms with van der Waals surface area (Å²) < 4.78 is 7.30. The minimum absolute atomic E-state index is 0.0239. The Morgan fingerprint density at radius 1 is 1.30 bits per heavy atom. The fourth-order valence-corrected chi connectivity index (χ4v) is 4.64. The zero-order valence-electron chi connectivity index (χ0n) is 17.4. The lowest BCUT2D eigenvalue weighted by Crippen LogP contribution is -2.49. The third-order valence-corrected chi connectivity index (χ3v) is 6.29. The molecule has 2 aliphatic rings. The van der Waals surface area contributed by atoms with E-state index in [2.05, 4.69) is 15.2 Å². The van der Waals surface area contributed by atoms with Gasteiger partial charge in [-0.1, -0.05) is 18.0 Å². The van der Waals surface area contributed by atoms with E-state index in [0.29, 0.717) is 24.0 Å². The van der Waals surface area contributed by atoms with Crippen LogP contribution in [0, 0.1) is 12.8 Å². The smallest absolute Gasteiger partial charge is 0.272 e. The quantitative estimate of drug-likeness (QED) is 0.647. The molecular formula is C22H26N6O2. The highest BCUT2D eigenvalue weighted by Crippen LogP contribution is 2.46. The van der Waals surface area contributed by atoms with Crippen LogP contribution in [-0.4, -0.2) is 48.8 Å². The van der Waals surface area contributed by atoms with Crippen LogP contribution in [0.25, 0.3) is 11.5 Å². The number of amides is 1. The van der Waals surface area contributed by atoms with Gasteiger partial charge >= 0.3 is 0 Å². The number of piperidine rings is 1. The summed E-state index contributed by atoms with van der Waals surface area (Å²) in [6.45, 7) is 3.26. The Hall–Kier alpha value is -3.03. The fraction of sp³-hybridized carbons (Fsp3) is 0.500. The van der Waals surface area contributed by atoms with Crippen LogP contribution >= 0.6 is 0 Å². The van der Waals surface area contributed by atoms with Crippen molar-refractivity contribution in [2.45, 2.75) is 44.4 Å². The highest BCUT2D eigenvalue weighted by atomic mass is 16.5. The summed E-state index contributed by atoms with van der Waals surface area (Å²) in [5, 5.41) is 8.74. The topological polar surface area (TPSA) is 89.9 Å². The van der Waals surface area contributed by atoms with Gasteiger partial charge < -0.3 is 9.42 Å². The summed E-state index contributed by atoms with van der Waals surface area (Å²) >= 11 is 0. The first-order valence-corrected chi connectivity index (χ1v) is 10.6. The molecule has 156 valence electrons. The van der Waals surface area contributed by atoms with E-state index >= 15 is 0 Å². The molecule has 0 radical (unpaired) electrons. The van der Waals surface area contributed by atoms with Crippen molar-refractivity contribution in [2.75, 3.05) is 13.1 Å². The van der Waals surface area contributed by atoms with Crippen LogP contribution < -0.4 is 0 Å². The first-order valence-electron chi connectivity index (χ1n) is 10.6. The molecule has 2 fully saturated rings. The highest BCUT2D eigenvalue weighted by Gasteiger charge is 2.46. The molecule has 4 heterocycles. The van der Waals surface area contributed by atoms with Gasteiger partial charge in [0, 0.05) is 38.1 Å². The van der Waals surface area contributed by atoms with Crippen LogP contribution in [0.2, 0.25) is 0 Å². The van der Waals surface area contributed by atoms with Crippen molar-refractivity contribution >= 4 is 5.91 Å². The van der Waals surface area contributed by atoms with Crippen LogP contribution in [0.1, 0.15) is 54.1 Å². The largest absolute Gasteiger partial charge is 0.336 e. The maximum absolute atomic E-state index is 13.3. The molecule has 0 spiro atoms. The molecule has 30 heavy (non-hydrogen) atoms. The number of likely N-dealkylation sites (tertiary alicyclic amines) is 1. The molecule has 1 saturated heterocycles. The number of pyridine rings is 1. The molecule has 8 nitrogen and oxygen atoms in total. The second-order valence-electron chi connectivity index (χ2n) is 8.71. The number of aryl methyl sites for hydroxylation is 2. The van der Waals surface area contributed by atoms with Crippen LogP contribution in [0.3, 0.4) is 0 Å². The Balaban J connectivity index is 1.46.